The van der Waals surface area contributed by atoms with Crippen LogP contribution in [0.25, 0.3) is 0 Å². The predicted octanol–water partition coefficient (Wildman–Crippen LogP) is 4.16. The molecule has 4 nitrogen and oxygen atoms in total. The van der Waals surface area contributed by atoms with Crippen molar-refractivity contribution in [3.05, 3.63) is 51.1 Å². The van der Waals surface area contributed by atoms with E-state index in [1.54, 1.807) is 0 Å². The van der Waals surface area contributed by atoms with E-state index in [2.05, 4.69) is 31.4 Å². The van der Waals surface area contributed by atoms with Crippen molar-refractivity contribution in [1.29, 1.82) is 0 Å². The van der Waals surface area contributed by atoms with E-state index in [4.69, 9.17) is 11.6 Å². The molecule has 1 aromatic carbocycles. The van der Waals surface area contributed by atoms with E-state index in [0.29, 0.717) is 0 Å². The molecule has 1 N–H and O–H groups in total. The lowest BCUT2D eigenvalue weighted by Crippen LogP contribution is -2.19. The molecule has 0 saturated carbocycles. The maximum Gasteiger partial charge on any atom is 0.417 e. The van der Waals surface area contributed by atoms with Gasteiger partial charge in [-0.25, -0.2) is 0 Å². The van der Waals surface area contributed by atoms with E-state index in [-0.39, 0.29) is 15.4 Å². The molecule has 21 heavy (non-hydrogen) atoms. The Morgan fingerprint density at radius 2 is 1.90 bits per heavy atom. The van der Waals surface area contributed by atoms with Gasteiger partial charge in [-0.1, -0.05) is 27.5 Å². The molecule has 9 heteroatoms. The van der Waals surface area contributed by atoms with Gasteiger partial charge in [0, 0.05) is 4.47 Å². The summed E-state index contributed by atoms with van der Waals surface area (Å²) < 4.78 is 39.0. The number of benzene rings is 1. The molecule has 0 spiro atoms. The number of hydrogen-bond donors (Lipinski definition) is 1. The van der Waals surface area contributed by atoms with Crippen molar-refractivity contribution < 1.29 is 18.0 Å². The van der Waals surface area contributed by atoms with Crippen LogP contribution in [0.4, 0.5) is 19.0 Å². The molecular weight excluding hydrogens is 375 g/mol. The summed E-state index contributed by atoms with van der Waals surface area (Å²) in [5, 5.41) is 9.37. The van der Waals surface area contributed by atoms with Gasteiger partial charge in [0.2, 0.25) is 0 Å². The highest BCUT2D eigenvalue weighted by Crippen LogP contribution is 2.34. The lowest BCUT2D eigenvalue weighted by Gasteiger charge is -2.13. The van der Waals surface area contributed by atoms with Crippen LogP contribution in [0, 0.1) is 0 Å². The second-order valence-electron chi connectivity index (χ2n) is 3.88. The normalized spacial score (nSPS) is 11.3. The molecule has 0 aliphatic rings. The summed E-state index contributed by atoms with van der Waals surface area (Å²) in [6.45, 7) is 0. The maximum absolute atomic E-state index is 12.9. The molecule has 2 rings (SSSR count). The smallest absolute Gasteiger partial charge is 0.305 e. The lowest BCUT2D eigenvalue weighted by atomic mass is 10.1. The van der Waals surface area contributed by atoms with E-state index < -0.39 is 23.2 Å². The van der Waals surface area contributed by atoms with Crippen molar-refractivity contribution in [2.45, 2.75) is 6.18 Å². The summed E-state index contributed by atoms with van der Waals surface area (Å²) in [6, 6.07) is 5.95. The third-order valence-corrected chi connectivity index (χ3v) is 3.10. The van der Waals surface area contributed by atoms with Gasteiger partial charge in [-0.15, -0.1) is 10.2 Å². The number of amides is 1. The van der Waals surface area contributed by atoms with Crippen LogP contribution in [0.5, 0.6) is 0 Å². The molecule has 0 saturated heterocycles. The molecule has 110 valence electrons. The first-order valence-corrected chi connectivity index (χ1v) is 6.62. The Morgan fingerprint density at radius 3 is 2.48 bits per heavy atom. The van der Waals surface area contributed by atoms with Gasteiger partial charge in [-0.2, -0.15) is 13.2 Å². The molecule has 0 atom stereocenters. The van der Waals surface area contributed by atoms with Gasteiger partial charge in [0.15, 0.2) is 11.0 Å². The van der Waals surface area contributed by atoms with Crippen LogP contribution < -0.4 is 5.32 Å². The standard InChI is InChI=1S/C12H6BrClF3N3O/c13-6-1-2-7(8(5-6)12(15,16)17)11(21)18-10-4-3-9(14)19-20-10/h1-5H,(H,18,20,21). The number of carbonyl (C=O) groups excluding carboxylic acids is 1. The van der Waals surface area contributed by atoms with Gasteiger partial charge in [-0.05, 0) is 30.3 Å². The average Bonchev–Trinajstić information content (AvgIpc) is 2.40. The lowest BCUT2D eigenvalue weighted by molar-refractivity contribution is -0.137. The minimum atomic E-state index is -4.65. The molecular formula is C12H6BrClF3N3O. The Labute approximate surface area is 130 Å². The first-order chi connectivity index (χ1) is 9.77. The number of halogens is 5. The Bertz CT molecular complexity index is 676. The van der Waals surface area contributed by atoms with Crippen LogP contribution >= 0.6 is 27.5 Å². The van der Waals surface area contributed by atoms with E-state index in [0.717, 1.165) is 12.1 Å². The van der Waals surface area contributed by atoms with Crippen LogP contribution in [0.1, 0.15) is 15.9 Å². The summed E-state index contributed by atoms with van der Waals surface area (Å²) in [5.41, 5.74) is -1.56. The van der Waals surface area contributed by atoms with Crippen LogP contribution in [0.15, 0.2) is 34.8 Å². The second kappa shape index (κ2) is 5.98. The summed E-state index contributed by atoms with van der Waals surface area (Å²) in [6.07, 6.45) is -4.65. The van der Waals surface area contributed by atoms with Crippen LogP contribution in [-0.2, 0) is 6.18 Å². The van der Waals surface area contributed by atoms with Crippen molar-refractivity contribution in [3.63, 3.8) is 0 Å². The molecule has 2 aromatic rings. The number of rotatable bonds is 2. The molecule has 0 fully saturated rings. The summed E-state index contributed by atoms with van der Waals surface area (Å²) >= 11 is 8.47. The van der Waals surface area contributed by atoms with E-state index in [1.807, 2.05) is 0 Å². The highest BCUT2D eigenvalue weighted by molar-refractivity contribution is 9.10. The molecule has 1 aromatic heterocycles. The molecule has 0 bridgehead atoms. The molecule has 0 aliphatic carbocycles. The fourth-order valence-corrected chi connectivity index (χ4v) is 1.98. The van der Waals surface area contributed by atoms with Crippen LogP contribution in [0.3, 0.4) is 0 Å². The second-order valence-corrected chi connectivity index (χ2v) is 5.19. The van der Waals surface area contributed by atoms with Crippen molar-refractivity contribution in [3.8, 4) is 0 Å². The molecule has 1 amide bonds. The Hall–Kier alpha value is -1.67. The Balaban J connectivity index is 2.33. The zero-order valence-electron chi connectivity index (χ0n) is 10.1. The molecule has 0 radical (unpaired) electrons. The number of alkyl halides is 3. The van der Waals surface area contributed by atoms with Crippen LogP contribution in [0.2, 0.25) is 5.15 Å². The fraction of sp³-hybridized carbons (Fsp3) is 0.0833. The number of carbonyl (C=O) groups is 1. The third-order valence-electron chi connectivity index (χ3n) is 2.41. The number of nitrogens with zero attached hydrogens (tertiary/aromatic N) is 2. The van der Waals surface area contributed by atoms with E-state index >= 15 is 0 Å². The van der Waals surface area contributed by atoms with Gasteiger partial charge >= 0.3 is 6.18 Å². The molecule has 0 unspecified atom stereocenters. The topological polar surface area (TPSA) is 54.9 Å². The van der Waals surface area contributed by atoms with Gasteiger partial charge in [0.05, 0.1) is 11.1 Å². The summed E-state index contributed by atoms with van der Waals surface area (Å²) in [7, 11) is 0. The summed E-state index contributed by atoms with van der Waals surface area (Å²) in [4.78, 5) is 12.0. The summed E-state index contributed by atoms with van der Waals surface area (Å²) in [5.74, 6) is -0.938. The third kappa shape index (κ3) is 3.92. The van der Waals surface area contributed by atoms with Crippen molar-refractivity contribution >= 4 is 39.3 Å². The zero-order chi connectivity index (χ0) is 15.6. The van der Waals surface area contributed by atoms with Gasteiger partial charge in [-0.3, -0.25) is 4.79 Å². The highest BCUT2D eigenvalue weighted by atomic mass is 79.9. The minimum Gasteiger partial charge on any atom is -0.305 e. The first-order valence-electron chi connectivity index (χ1n) is 5.44. The minimum absolute atomic E-state index is 0.000410. The first kappa shape index (κ1) is 15.7. The predicted molar refractivity (Wildman–Crippen MR) is 74.1 cm³/mol. The van der Waals surface area contributed by atoms with Crippen molar-refractivity contribution in [2.75, 3.05) is 5.32 Å². The largest absolute Gasteiger partial charge is 0.417 e. The number of hydrogen-bond acceptors (Lipinski definition) is 3. The van der Waals surface area contributed by atoms with Gasteiger partial charge in [0.1, 0.15) is 0 Å². The monoisotopic (exact) mass is 379 g/mol. The zero-order valence-corrected chi connectivity index (χ0v) is 12.4. The van der Waals surface area contributed by atoms with Crippen molar-refractivity contribution in [1.82, 2.24) is 10.2 Å². The van der Waals surface area contributed by atoms with Crippen LogP contribution in [-0.4, -0.2) is 16.1 Å². The van der Waals surface area contributed by atoms with Gasteiger partial charge < -0.3 is 5.32 Å². The number of anilines is 1. The fourth-order valence-electron chi connectivity index (χ4n) is 1.52. The highest BCUT2D eigenvalue weighted by Gasteiger charge is 2.35. The molecule has 0 aliphatic heterocycles. The van der Waals surface area contributed by atoms with Crippen molar-refractivity contribution in [2.24, 2.45) is 0 Å². The van der Waals surface area contributed by atoms with E-state index in [9.17, 15) is 18.0 Å². The quantitative estimate of drug-likeness (QED) is 0.851. The Kier molecular flexibility index (Phi) is 4.48. The number of nitrogens with one attached hydrogen (secondary N) is 1. The maximum atomic E-state index is 12.9. The van der Waals surface area contributed by atoms with E-state index in [1.165, 1.54) is 18.2 Å². The molecule has 1 heterocycles. The average molecular weight is 381 g/mol. The number of aromatic nitrogens is 2. The Morgan fingerprint density at radius 1 is 1.19 bits per heavy atom. The SMILES string of the molecule is O=C(Nc1ccc(Cl)nn1)c1ccc(Br)cc1C(F)(F)F. The van der Waals surface area contributed by atoms with Gasteiger partial charge in [0.25, 0.3) is 5.91 Å².